The highest BCUT2D eigenvalue weighted by molar-refractivity contribution is 7.22. The Kier molecular flexibility index (Phi) is 2.49. The van der Waals surface area contributed by atoms with Gasteiger partial charge in [0.05, 0.1) is 4.34 Å². The third kappa shape index (κ3) is 1.64. The van der Waals surface area contributed by atoms with Gasteiger partial charge in [0, 0.05) is 10.2 Å². The van der Waals surface area contributed by atoms with Crippen LogP contribution in [0, 0.1) is 5.82 Å². The van der Waals surface area contributed by atoms with Gasteiger partial charge in [-0.1, -0.05) is 11.6 Å². The molecule has 0 radical (unpaired) electrons. The highest BCUT2D eigenvalue weighted by Gasteiger charge is 2.17. The summed E-state index contributed by atoms with van der Waals surface area (Å²) in [5, 5.41) is 18.4. The van der Waals surface area contributed by atoms with E-state index in [-0.39, 0.29) is 5.46 Å². The van der Waals surface area contributed by atoms with E-state index in [2.05, 4.69) is 0 Å². The van der Waals surface area contributed by atoms with Gasteiger partial charge in [-0.25, -0.2) is 4.39 Å². The molecule has 0 atom stereocenters. The van der Waals surface area contributed by atoms with Crippen LogP contribution < -0.4 is 5.46 Å². The maximum atomic E-state index is 13.2. The number of hydrogen-bond donors (Lipinski definition) is 2. The Labute approximate surface area is 88.7 Å². The lowest BCUT2D eigenvalue weighted by Gasteiger charge is -2.00. The number of hydrogen-bond acceptors (Lipinski definition) is 3. The predicted octanol–water partition coefficient (Wildman–Crippen LogP) is 1.37. The van der Waals surface area contributed by atoms with Crippen molar-refractivity contribution in [3.05, 3.63) is 28.4 Å². The van der Waals surface area contributed by atoms with Gasteiger partial charge in [-0.2, -0.15) is 0 Å². The average molecular weight is 230 g/mol. The minimum atomic E-state index is -1.79. The second-order valence-electron chi connectivity index (χ2n) is 2.84. The molecule has 0 unspecified atom stereocenters. The average Bonchev–Trinajstić information content (AvgIpc) is 2.42. The number of rotatable bonds is 1. The van der Waals surface area contributed by atoms with Crippen LogP contribution in [0.3, 0.4) is 0 Å². The first kappa shape index (κ1) is 9.92. The lowest BCUT2D eigenvalue weighted by Crippen LogP contribution is -2.32. The van der Waals surface area contributed by atoms with Crippen molar-refractivity contribution in [1.82, 2.24) is 0 Å². The van der Waals surface area contributed by atoms with Gasteiger partial charge in [0.25, 0.3) is 0 Å². The monoisotopic (exact) mass is 230 g/mol. The zero-order chi connectivity index (χ0) is 10.3. The van der Waals surface area contributed by atoms with Crippen LogP contribution in [0.25, 0.3) is 10.1 Å². The van der Waals surface area contributed by atoms with Crippen LogP contribution in [0.1, 0.15) is 0 Å². The molecule has 0 aliphatic carbocycles. The molecule has 0 bridgehead atoms. The molecular formula is C8H5BClFO2S. The van der Waals surface area contributed by atoms with Gasteiger partial charge < -0.3 is 10.0 Å². The van der Waals surface area contributed by atoms with Crippen LogP contribution in [0.2, 0.25) is 4.34 Å². The molecular weight excluding hydrogens is 225 g/mol. The van der Waals surface area contributed by atoms with Gasteiger partial charge in [0.1, 0.15) is 5.82 Å². The maximum Gasteiger partial charge on any atom is 0.491 e. The molecule has 1 aromatic carbocycles. The summed E-state index contributed by atoms with van der Waals surface area (Å²) in [4.78, 5) is 0. The summed E-state index contributed by atoms with van der Waals surface area (Å²) in [7, 11) is -1.79. The Balaban J connectivity index is 2.70. The first-order valence-corrected chi connectivity index (χ1v) is 5.02. The van der Waals surface area contributed by atoms with Crippen LogP contribution in [0.4, 0.5) is 4.39 Å². The van der Waals surface area contributed by atoms with Crippen LogP contribution in [0.5, 0.6) is 0 Å². The second-order valence-corrected chi connectivity index (χ2v) is 4.55. The van der Waals surface area contributed by atoms with Gasteiger partial charge in [-0.3, -0.25) is 0 Å². The standard InChI is InChI=1S/C8H5BClFO2S/c10-8-2-4-1-6(11)5(9(12)13)3-7(4)14-8/h1-3,12-13H. The van der Waals surface area contributed by atoms with Crippen molar-refractivity contribution in [3.63, 3.8) is 0 Å². The summed E-state index contributed by atoms with van der Waals surface area (Å²) in [6.07, 6.45) is 0. The quantitative estimate of drug-likeness (QED) is 0.727. The van der Waals surface area contributed by atoms with Gasteiger partial charge in [0.2, 0.25) is 0 Å². The predicted molar refractivity (Wildman–Crippen MR) is 56.6 cm³/mol. The van der Waals surface area contributed by atoms with E-state index < -0.39 is 12.9 Å². The molecule has 2 nitrogen and oxygen atoms in total. The van der Waals surface area contributed by atoms with Gasteiger partial charge in [-0.05, 0) is 23.6 Å². The summed E-state index contributed by atoms with van der Waals surface area (Å²) in [5.41, 5.74) is -0.129. The highest BCUT2D eigenvalue weighted by Crippen LogP contribution is 2.29. The highest BCUT2D eigenvalue weighted by atomic mass is 35.5. The summed E-state index contributed by atoms with van der Waals surface area (Å²) in [5.74, 6) is -0.637. The minimum absolute atomic E-state index is 0.129. The molecule has 2 rings (SSSR count). The Morgan fingerprint density at radius 2 is 2.00 bits per heavy atom. The van der Waals surface area contributed by atoms with Crippen LogP contribution in [-0.4, -0.2) is 17.2 Å². The summed E-state index contributed by atoms with van der Waals surface area (Å²) in [6, 6.07) is 4.27. The topological polar surface area (TPSA) is 40.5 Å². The summed E-state index contributed by atoms with van der Waals surface area (Å²) in [6.45, 7) is 0. The Bertz CT molecular complexity index is 485. The number of fused-ring (bicyclic) bond motifs is 1. The van der Waals surface area contributed by atoms with Crippen molar-refractivity contribution in [2.45, 2.75) is 0 Å². The van der Waals surface area contributed by atoms with Crippen molar-refractivity contribution in [2.75, 3.05) is 0 Å². The first-order valence-electron chi connectivity index (χ1n) is 3.82. The molecule has 0 saturated heterocycles. The largest absolute Gasteiger partial charge is 0.491 e. The molecule has 0 spiro atoms. The van der Waals surface area contributed by atoms with Crippen molar-refractivity contribution >= 4 is 45.6 Å². The van der Waals surface area contributed by atoms with E-state index in [1.54, 1.807) is 6.07 Å². The zero-order valence-electron chi connectivity index (χ0n) is 6.87. The molecule has 0 aliphatic rings. The normalized spacial score (nSPS) is 10.9. The molecule has 72 valence electrons. The first-order chi connectivity index (χ1) is 6.58. The minimum Gasteiger partial charge on any atom is -0.423 e. The Hall–Kier alpha value is -0.615. The SMILES string of the molecule is OB(O)c1cc2sc(Cl)cc2cc1F. The fraction of sp³-hybridized carbons (Fsp3) is 0. The lowest BCUT2D eigenvalue weighted by molar-refractivity contribution is 0.423. The van der Waals surface area contributed by atoms with E-state index in [4.69, 9.17) is 21.6 Å². The van der Waals surface area contributed by atoms with Gasteiger partial charge in [0.15, 0.2) is 0 Å². The maximum absolute atomic E-state index is 13.2. The van der Waals surface area contributed by atoms with Gasteiger partial charge >= 0.3 is 7.12 Å². The second kappa shape index (κ2) is 3.51. The van der Waals surface area contributed by atoms with Crippen molar-refractivity contribution in [1.29, 1.82) is 0 Å². The number of thiophene rings is 1. The molecule has 2 aromatic rings. The van der Waals surface area contributed by atoms with Crippen LogP contribution in [-0.2, 0) is 0 Å². The third-order valence-corrected chi connectivity index (χ3v) is 3.11. The third-order valence-electron chi connectivity index (χ3n) is 1.88. The molecule has 6 heteroatoms. The van der Waals surface area contributed by atoms with E-state index >= 15 is 0 Å². The molecule has 1 aromatic heterocycles. The Morgan fingerprint density at radius 3 is 2.64 bits per heavy atom. The number of halogens is 2. The van der Waals surface area contributed by atoms with Crippen molar-refractivity contribution in [2.24, 2.45) is 0 Å². The van der Waals surface area contributed by atoms with Crippen LogP contribution in [0.15, 0.2) is 18.2 Å². The smallest absolute Gasteiger partial charge is 0.423 e. The molecule has 2 N–H and O–H groups in total. The molecule has 1 heterocycles. The molecule has 0 fully saturated rings. The van der Waals surface area contributed by atoms with E-state index in [0.29, 0.717) is 9.72 Å². The summed E-state index contributed by atoms with van der Waals surface area (Å²) < 4.78 is 14.5. The van der Waals surface area contributed by atoms with Crippen LogP contribution >= 0.6 is 22.9 Å². The molecule has 0 amide bonds. The van der Waals surface area contributed by atoms with Crippen molar-refractivity contribution < 1.29 is 14.4 Å². The van der Waals surface area contributed by atoms with E-state index in [9.17, 15) is 4.39 Å². The van der Waals surface area contributed by atoms with E-state index in [1.807, 2.05) is 0 Å². The zero-order valence-corrected chi connectivity index (χ0v) is 8.44. The Morgan fingerprint density at radius 1 is 1.29 bits per heavy atom. The molecule has 14 heavy (non-hydrogen) atoms. The van der Waals surface area contributed by atoms with Gasteiger partial charge in [-0.15, -0.1) is 11.3 Å². The summed E-state index contributed by atoms with van der Waals surface area (Å²) >= 11 is 7.01. The fourth-order valence-corrected chi connectivity index (χ4v) is 2.42. The lowest BCUT2D eigenvalue weighted by atomic mass is 9.80. The molecule has 0 aliphatic heterocycles. The van der Waals surface area contributed by atoms with Crippen molar-refractivity contribution in [3.8, 4) is 0 Å². The molecule has 0 saturated carbocycles. The van der Waals surface area contributed by atoms with E-state index in [1.165, 1.54) is 23.5 Å². The number of benzene rings is 1. The van der Waals surface area contributed by atoms with E-state index in [0.717, 1.165) is 4.70 Å². The fourth-order valence-electron chi connectivity index (χ4n) is 1.24.